The second-order valence-corrected chi connectivity index (χ2v) is 16.7. The highest BCUT2D eigenvalue weighted by atomic mass is 32.1. The van der Waals surface area contributed by atoms with Crippen LogP contribution in [0, 0.1) is 0 Å². The average molecular weight is 793 g/mol. The Morgan fingerprint density at radius 1 is 0.679 bits per heavy atom. The van der Waals surface area contributed by atoms with Crippen molar-refractivity contribution in [3.8, 4) is 33.4 Å². The molecule has 1 atom stereocenters. The average Bonchev–Trinajstić information content (AvgIpc) is 4.06. The van der Waals surface area contributed by atoms with Crippen LogP contribution in [0.5, 0.6) is 33.4 Å². The molecule has 294 valence electrons. The number of carbonyl (C=O) groups excluding carboxylic acids is 1. The van der Waals surface area contributed by atoms with Crippen molar-refractivity contribution in [3.63, 3.8) is 0 Å². The van der Waals surface area contributed by atoms with Crippen molar-refractivity contribution in [2.75, 3.05) is 0 Å². The zero-order valence-corrected chi connectivity index (χ0v) is 34.0. The van der Waals surface area contributed by atoms with Crippen LogP contribution in [0.25, 0.3) is 20.4 Å². The molecule has 2 aliphatic carbocycles. The first-order valence-electron chi connectivity index (χ1n) is 20.3. The molecule has 0 amide bonds. The van der Waals surface area contributed by atoms with Crippen LogP contribution in [-0.4, -0.2) is 39.2 Å². The second kappa shape index (κ2) is 19.6. The number of benzene rings is 4. The zero-order valence-electron chi connectivity index (χ0n) is 32.4. The third-order valence-electron chi connectivity index (χ3n) is 10.5. The molecule has 2 fully saturated rings. The van der Waals surface area contributed by atoms with E-state index in [0.29, 0.717) is 34.7 Å². The monoisotopic (exact) mass is 792 g/mol. The van der Waals surface area contributed by atoms with Gasteiger partial charge in [0.1, 0.15) is 5.78 Å². The number of rotatable bonds is 16. The third-order valence-corrected chi connectivity index (χ3v) is 12.3. The van der Waals surface area contributed by atoms with Gasteiger partial charge < -0.3 is 24.1 Å². The van der Waals surface area contributed by atoms with Gasteiger partial charge >= 0.3 is 0 Å². The Hall–Kier alpha value is -4.51. The van der Waals surface area contributed by atoms with Crippen molar-refractivity contribution in [2.24, 2.45) is 0 Å². The lowest BCUT2D eigenvalue weighted by atomic mass is 10.0. The third kappa shape index (κ3) is 10.9. The Kier molecular flexibility index (Phi) is 13.9. The lowest BCUT2D eigenvalue weighted by Gasteiger charge is -2.17. The Balaban J connectivity index is 0.000000172. The predicted octanol–water partition coefficient (Wildman–Crippen LogP) is 12.4. The molecule has 0 bridgehead atoms. The maximum atomic E-state index is 11.7. The molecule has 10 heteroatoms. The number of ketones is 1. The molecule has 2 saturated carbocycles. The van der Waals surface area contributed by atoms with Crippen molar-refractivity contribution in [1.29, 1.82) is 0 Å². The number of nitrogens with zero attached hydrogens (tertiary/aromatic N) is 2. The summed E-state index contributed by atoms with van der Waals surface area (Å²) in [5, 5.41) is 11.1. The minimum absolute atomic E-state index is 0.241. The molecular weight excluding hydrogens is 741 g/mol. The van der Waals surface area contributed by atoms with Gasteiger partial charge in [0.2, 0.25) is 0 Å². The van der Waals surface area contributed by atoms with Crippen molar-refractivity contribution >= 4 is 48.9 Å². The summed E-state index contributed by atoms with van der Waals surface area (Å²) in [4.78, 5) is 20.8. The highest BCUT2D eigenvalue weighted by Gasteiger charge is 2.22. The van der Waals surface area contributed by atoms with Gasteiger partial charge in [-0.25, -0.2) is 9.97 Å². The van der Waals surface area contributed by atoms with Crippen molar-refractivity contribution in [1.82, 2.24) is 9.97 Å². The maximum Gasteiger partial charge on any atom is 0.279 e. The van der Waals surface area contributed by atoms with Crippen LogP contribution in [0.3, 0.4) is 0 Å². The van der Waals surface area contributed by atoms with Crippen LogP contribution < -0.4 is 18.9 Å². The molecule has 1 N–H and O–H groups in total. The summed E-state index contributed by atoms with van der Waals surface area (Å²) < 4.78 is 27.1. The molecule has 4 aromatic carbocycles. The van der Waals surface area contributed by atoms with Gasteiger partial charge in [0, 0.05) is 12.8 Å². The number of fused-ring (bicyclic) bond motifs is 2. The van der Waals surface area contributed by atoms with E-state index < -0.39 is 0 Å². The summed E-state index contributed by atoms with van der Waals surface area (Å²) >= 11 is 3.07. The number of para-hydroxylation sites is 2. The van der Waals surface area contributed by atoms with Crippen LogP contribution in [0.15, 0.2) is 84.9 Å². The zero-order chi connectivity index (χ0) is 38.7. The molecule has 2 aliphatic rings. The normalized spacial score (nSPS) is 15.1. The fraction of sp³-hybridized carbons (Fsp3) is 0.413. The summed E-state index contributed by atoms with van der Waals surface area (Å²) in [7, 11) is 0. The largest absolute Gasteiger partial charge is 0.487 e. The molecule has 56 heavy (non-hydrogen) atoms. The van der Waals surface area contributed by atoms with Gasteiger partial charge in [0.15, 0.2) is 23.0 Å². The molecule has 0 saturated heterocycles. The van der Waals surface area contributed by atoms with E-state index in [0.717, 1.165) is 94.4 Å². The number of hydrogen-bond donors (Lipinski definition) is 1. The van der Waals surface area contributed by atoms with Gasteiger partial charge in [-0.3, -0.25) is 4.79 Å². The number of thiazole rings is 2. The lowest BCUT2D eigenvalue weighted by Crippen LogP contribution is -2.12. The summed E-state index contributed by atoms with van der Waals surface area (Å²) in [6.45, 7) is 3.92. The van der Waals surface area contributed by atoms with E-state index in [9.17, 15) is 9.90 Å². The van der Waals surface area contributed by atoms with Gasteiger partial charge in [0.05, 0.1) is 38.7 Å². The molecule has 0 spiro atoms. The summed E-state index contributed by atoms with van der Waals surface area (Å²) in [5.41, 5.74) is 4.16. The van der Waals surface area contributed by atoms with E-state index in [1.165, 1.54) is 37.0 Å². The standard InChI is InChI=1S/C23H27NO3S.C23H25NO3S/c2*1-2-17(25)13-11-16-12-14-20(21(15-16)26-18-7-3-4-8-18)27-23-24-19-9-5-6-10-22(19)28-23/h5-6,9-10,12,14-15,17-18,25H,2-4,7-8,11,13H2,1H3;5-6,9-10,12,14-15,18H,2-4,7-8,11,13H2,1H3. The highest BCUT2D eigenvalue weighted by Crippen LogP contribution is 2.40. The lowest BCUT2D eigenvalue weighted by molar-refractivity contribution is -0.118. The minimum Gasteiger partial charge on any atom is -0.487 e. The van der Waals surface area contributed by atoms with Crippen molar-refractivity contribution in [3.05, 3.63) is 96.1 Å². The topological polar surface area (TPSA) is 100 Å². The Morgan fingerprint density at radius 2 is 1.16 bits per heavy atom. The molecule has 8 rings (SSSR count). The number of carbonyl (C=O) groups is 1. The van der Waals surface area contributed by atoms with Crippen LogP contribution in [0.4, 0.5) is 0 Å². The Bertz CT molecular complexity index is 2120. The van der Waals surface area contributed by atoms with Crippen molar-refractivity contribution in [2.45, 2.75) is 122 Å². The van der Waals surface area contributed by atoms with Gasteiger partial charge in [-0.2, -0.15) is 0 Å². The van der Waals surface area contributed by atoms with Crippen molar-refractivity contribution < 1.29 is 28.8 Å². The number of aryl methyl sites for hydroxylation is 2. The molecule has 8 nitrogen and oxygen atoms in total. The van der Waals surface area contributed by atoms with E-state index in [1.807, 2.05) is 80.6 Å². The predicted molar refractivity (Wildman–Crippen MR) is 226 cm³/mol. The van der Waals surface area contributed by atoms with Crippen LogP contribution in [-0.2, 0) is 17.6 Å². The van der Waals surface area contributed by atoms with Gasteiger partial charge in [-0.1, -0.05) is 72.9 Å². The van der Waals surface area contributed by atoms with Gasteiger partial charge in [0.25, 0.3) is 10.4 Å². The first kappa shape index (κ1) is 39.7. The van der Waals surface area contributed by atoms with E-state index in [4.69, 9.17) is 18.9 Å². The summed E-state index contributed by atoms with van der Waals surface area (Å²) in [6.07, 6.45) is 13.7. The van der Waals surface area contributed by atoms with Crippen LogP contribution in [0.1, 0.15) is 102 Å². The van der Waals surface area contributed by atoms with E-state index in [2.05, 4.69) is 28.2 Å². The highest BCUT2D eigenvalue weighted by molar-refractivity contribution is 7.20. The van der Waals surface area contributed by atoms with Crippen LogP contribution >= 0.6 is 22.7 Å². The molecule has 2 heterocycles. The number of aliphatic hydroxyl groups is 1. The number of ether oxygens (including phenoxy) is 4. The molecule has 2 aromatic heterocycles. The number of aliphatic hydroxyl groups excluding tert-OH is 1. The SMILES string of the molecule is CCC(=O)CCc1ccc(Oc2nc3ccccc3s2)c(OC2CCCC2)c1.CCC(O)CCc1ccc(Oc2nc3ccccc3s2)c(OC2CCCC2)c1. The first-order valence-corrected chi connectivity index (χ1v) is 21.9. The summed E-state index contributed by atoms with van der Waals surface area (Å²) in [5.74, 6) is 3.23. The first-order chi connectivity index (χ1) is 27.4. The molecule has 0 aliphatic heterocycles. The number of Topliss-reactive ketones (excluding diaryl/α,β-unsaturated/α-hetero) is 1. The fourth-order valence-corrected chi connectivity index (χ4v) is 8.77. The molecule has 1 unspecified atom stereocenters. The number of hydrogen-bond acceptors (Lipinski definition) is 10. The molecular formula is C46H52N2O6S2. The van der Waals surface area contributed by atoms with E-state index >= 15 is 0 Å². The Labute approximate surface area is 337 Å². The Morgan fingerprint density at radius 3 is 1.62 bits per heavy atom. The minimum atomic E-state index is -0.252. The quantitative estimate of drug-likeness (QED) is 0.103. The van der Waals surface area contributed by atoms with E-state index in [1.54, 1.807) is 11.3 Å². The molecule has 6 aromatic rings. The summed E-state index contributed by atoms with van der Waals surface area (Å²) in [6, 6.07) is 28.2. The van der Waals surface area contributed by atoms with Gasteiger partial charge in [-0.05, 0) is 137 Å². The van der Waals surface area contributed by atoms with E-state index in [-0.39, 0.29) is 24.1 Å². The van der Waals surface area contributed by atoms with Crippen LogP contribution in [0.2, 0.25) is 0 Å². The molecule has 0 radical (unpaired) electrons. The number of aromatic nitrogens is 2. The maximum absolute atomic E-state index is 11.7. The van der Waals surface area contributed by atoms with Gasteiger partial charge in [-0.15, -0.1) is 0 Å². The smallest absolute Gasteiger partial charge is 0.279 e. The fourth-order valence-electron chi connectivity index (χ4n) is 7.12. The second-order valence-electron chi connectivity index (χ2n) is 14.7.